The molecule has 0 aliphatic heterocycles. The first kappa shape index (κ1) is 16.0. The fourth-order valence-electron chi connectivity index (χ4n) is 2.33. The molecule has 1 aliphatic carbocycles. The number of amides is 2. The van der Waals surface area contributed by atoms with E-state index in [4.69, 9.17) is 0 Å². The lowest BCUT2D eigenvalue weighted by atomic mass is 9.76. The Labute approximate surface area is 128 Å². The highest BCUT2D eigenvalue weighted by Crippen LogP contribution is 2.32. The van der Waals surface area contributed by atoms with Gasteiger partial charge in [-0.15, -0.1) is 0 Å². The minimum absolute atomic E-state index is 0.0320. The van der Waals surface area contributed by atoms with Crippen molar-refractivity contribution in [3.05, 3.63) is 35.4 Å². The SMILES string of the molecule is CC(C)NC(=O)c1ccc(C(=O)NC2(C(=O)O)CCC2)cc1. The summed E-state index contributed by atoms with van der Waals surface area (Å²) in [4.78, 5) is 35.2. The van der Waals surface area contributed by atoms with Crippen LogP contribution in [-0.2, 0) is 4.79 Å². The van der Waals surface area contributed by atoms with Crippen LogP contribution in [0.15, 0.2) is 24.3 Å². The van der Waals surface area contributed by atoms with E-state index in [0.29, 0.717) is 24.0 Å². The van der Waals surface area contributed by atoms with Crippen LogP contribution in [0.3, 0.4) is 0 Å². The molecule has 22 heavy (non-hydrogen) atoms. The average molecular weight is 304 g/mol. The number of carboxylic acids is 1. The van der Waals surface area contributed by atoms with E-state index in [-0.39, 0.29) is 11.9 Å². The molecule has 1 aromatic rings. The Balaban J connectivity index is 2.05. The third-order valence-corrected chi connectivity index (χ3v) is 3.80. The Hall–Kier alpha value is -2.37. The van der Waals surface area contributed by atoms with Crippen molar-refractivity contribution in [2.24, 2.45) is 0 Å². The van der Waals surface area contributed by atoms with Crippen LogP contribution < -0.4 is 10.6 Å². The normalized spacial score (nSPS) is 15.8. The van der Waals surface area contributed by atoms with E-state index in [1.807, 2.05) is 13.8 Å². The summed E-state index contributed by atoms with van der Waals surface area (Å²) in [6.07, 6.45) is 1.69. The highest BCUT2D eigenvalue weighted by atomic mass is 16.4. The first-order chi connectivity index (χ1) is 10.3. The van der Waals surface area contributed by atoms with Gasteiger partial charge in [-0.1, -0.05) is 0 Å². The van der Waals surface area contributed by atoms with Gasteiger partial charge in [0, 0.05) is 17.2 Å². The maximum Gasteiger partial charge on any atom is 0.329 e. The van der Waals surface area contributed by atoms with E-state index >= 15 is 0 Å². The van der Waals surface area contributed by atoms with Crippen molar-refractivity contribution in [3.8, 4) is 0 Å². The summed E-state index contributed by atoms with van der Waals surface area (Å²) >= 11 is 0. The molecule has 0 saturated heterocycles. The number of rotatable bonds is 5. The number of carbonyl (C=O) groups excluding carboxylic acids is 2. The highest BCUT2D eigenvalue weighted by molar-refractivity contribution is 6.00. The summed E-state index contributed by atoms with van der Waals surface area (Å²) in [7, 11) is 0. The summed E-state index contributed by atoms with van der Waals surface area (Å²) in [5, 5.41) is 14.6. The molecule has 0 radical (unpaired) electrons. The summed E-state index contributed by atoms with van der Waals surface area (Å²) in [5.74, 6) is -1.64. The van der Waals surface area contributed by atoms with Crippen LogP contribution in [0.1, 0.15) is 53.8 Å². The van der Waals surface area contributed by atoms with E-state index in [2.05, 4.69) is 10.6 Å². The lowest BCUT2D eigenvalue weighted by Gasteiger charge is -2.38. The molecule has 118 valence electrons. The molecule has 0 spiro atoms. The first-order valence-electron chi connectivity index (χ1n) is 7.31. The van der Waals surface area contributed by atoms with Gasteiger partial charge in [0.05, 0.1) is 0 Å². The molecular formula is C16H20N2O4. The maximum absolute atomic E-state index is 12.1. The van der Waals surface area contributed by atoms with E-state index in [0.717, 1.165) is 6.42 Å². The summed E-state index contributed by atoms with van der Waals surface area (Å²) < 4.78 is 0. The smallest absolute Gasteiger partial charge is 0.329 e. The zero-order valence-corrected chi connectivity index (χ0v) is 12.7. The van der Waals surface area contributed by atoms with E-state index in [9.17, 15) is 19.5 Å². The molecule has 0 aromatic heterocycles. The molecule has 0 bridgehead atoms. The largest absolute Gasteiger partial charge is 0.480 e. The number of carboxylic acid groups (broad SMARTS) is 1. The monoisotopic (exact) mass is 304 g/mol. The minimum atomic E-state index is -1.13. The van der Waals surface area contributed by atoms with E-state index in [1.165, 1.54) is 12.1 Å². The molecule has 1 fully saturated rings. The molecule has 2 rings (SSSR count). The van der Waals surface area contributed by atoms with Crippen LogP contribution in [-0.4, -0.2) is 34.5 Å². The molecule has 1 saturated carbocycles. The first-order valence-corrected chi connectivity index (χ1v) is 7.31. The molecule has 2 amide bonds. The van der Waals surface area contributed by atoms with Crippen molar-refractivity contribution < 1.29 is 19.5 Å². The predicted molar refractivity (Wildman–Crippen MR) is 80.7 cm³/mol. The second-order valence-corrected chi connectivity index (χ2v) is 5.90. The van der Waals surface area contributed by atoms with Crippen LogP contribution in [0, 0.1) is 0 Å². The second kappa shape index (κ2) is 6.17. The molecular weight excluding hydrogens is 284 g/mol. The topological polar surface area (TPSA) is 95.5 Å². The van der Waals surface area contributed by atoms with Gasteiger partial charge in [-0.2, -0.15) is 0 Å². The van der Waals surface area contributed by atoms with Crippen LogP contribution >= 0.6 is 0 Å². The van der Waals surface area contributed by atoms with Crippen LogP contribution in [0.5, 0.6) is 0 Å². The van der Waals surface area contributed by atoms with E-state index < -0.39 is 17.4 Å². The zero-order chi connectivity index (χ0) is 16.3. The van der Waals surface area contributed by atoms with Crippen LogP contribution in [0.25, 0.3) is 0 Å². The predicted octanol–water partition coefficient (Wildman–Crippen LogP) is 1.56. The lowest BCUT2D eigenvalue weighted by Crippen LogP contribution is -2.59. The Morgan fingerprint density at radius 3 is 1.91 bits per heavy atom. The van der Waals surface area contributed by atoms with Gasteiger partial charge in [-0.25, -0.2) is 4.79 Å². The van der Waals surface area contributed by atoms with Crippen molar-refractivity contribution in [3.63, 3.8) is 0 Å². The van der Waals surface area contributed by atoms with Crippen molar-refractivity contribution in [1.29, 1.82) is 0 Å². The number of nitrogens with one attached hydrogen (secondary N) is 2. The molecule has 0 unspecified atom stereocenters. The molecule has 1 aliphatic rings. The van der Waals surface area contributed by atoms with Crippen molar-refractivity contribution in [1.82, 2.24) is 10.6 Å². The lowest BCUT2D eigenvalue weighted by molar-refractivity contribution is -0.148. The van der Waals surface area contributed by atoms with Crippen molar-refractivity contribution in [2.75, 3.05) is 0 Å². The van der Waals surface area contributed by atoms with E-state index in [1.54, 1.807) is 12.1 Å². The zero-order valence-electron chi connectivity index (χ0n) is 12.7. The van der Waals surface area contributed by atoms with Gasteiger partial charge in [0.2, 0.25) is 0 Å². The fraction of sp³-hybridized carbons (Fsp3) is 0.438. The number of hydrogen-bond donors (Lipinski definition) is 3. The Bertz CT molecular complexity index is 589. The van der Waals surface area contributed by atoms with Gasteiger partial charge in [0.1, 0.15) is 5.54 Å². The number of aliphatic carboxylic acids is 1. The highest BCUT2D eigenvalue weighted by Gasteiger charge is 2.45. The third kappa shape index (κ3) is 3.27. The minimum Gasteiger partial charge on any atom is -0.480 e. The second-order valence-electron chi connectivity index (χ2n) is 5.90. The van der Waals surface area contributed by atoms with Gasteiger partial charge in [-0.05, 0) is 57.4 Å². The summed E-state index contributed by atoms with van der Waals surface area (Å²) in [5.41, 5.74) is -0.333. The van der Waals surface area contributed by atoms with Crippen LogP contribution in [0.4, 0.5) is 0 Å². The molecule has 0 heterocycles. The van der Waals surface area contributed by atoms with Gasteiger partial charge in [0.15, 0.2) is 0 Å². The molecule has 6 nitrogen and oxygen atoms in total. The van der Waals surface area contributed by atoms with Crippen LogP contribution in [0.2, 0.25) is 0 Å². The number of benzene rings is 1. The number of hydrogen-bond acceptors (Lipinski definition) is 3. The maximum atomic E-state index is 12.1. The third-order valence-electron chi connectivity index (χ3n) is 3.80. The summed E-state index contributed by atoms with van der Waals surface area (Å²) in [6.45, 7) is 3.73. The average Bonchev–Trinajstić information content (AvgIpc) is 2.41. The summed E-state index contributed by atoms with van der Waals surface area (Å²) in [6, 6.07) is 6.20. The molecule has 6 heteroatoms. The molecule has 1 aromatic carbocycles. The van der Waals surface area contributed by atoms with Crippen molar-refractivity contribution in [2.45, 2.75) is 44.7 Å². The quantitative estimate of drug-likeness (QED) is 0.769. The molecule has 0 atom stereocenters. The Morgan fingerprint density at radius 2 is 1.55 bits per heavy atom. The van der Waals surface area contributed by atoms with Gasteiger partial charge >= 0.3 is 5.97 Å². The number of carbonyl (C=O) groups is 3. The Morgan fingerprint density at radius 1 is 1.05 bits per heavy atom. The molecule has 3 N–H and O–H groups in total. The van der Waals surface area contributed by atoms with Gasteiger partial charge in [-0.3, -0.25) is 9.59 Å². The fourth-order valence-corrected chi connectivity index (χ4v) is 2.33. The van der Waals surface area contributed by atoms with Gasteiger partial charge in [0.25, 0.3) is 11.8 Å². The standard InChI is InChI=1S/C16H20N2O4/c1-10(2)17-13(19)11-4-6-12(7-5-11)14(20)18-16(15(21)22)8-3-9-16/h4-7,10H,3,8-9H2,1-2H3,(H,17,19)(H,18,20)(H,21,22). The van der Waals surface area contributed by atoms with Crippen molar-refractivity contribution >= 4 is 17.8 Å². The van der Waals surface area contributed by atoms with Gasteiger partial charge < -0.3 is 15.7 Å². The Kier molecular flexibility index (Phi) is 4.49.